The number of rotatable bonds is 7. The lowest BCUT2D eigenvalue weighted by Crippen LogP contribution is -2.54. The van der Waals surface area contributed by atoms with Gasteiger partial charge < -0.3 is 20.5 Å². The summed E-state index contributed by atoms with van der Waals surface area (Å²) in [5, 5.41) is 24.9. The molecule has 0 radical (unpaired) electrons. The van der Waals surface area contributed by atoms with E-state index in [1.807, 2.05) is 6.92 Å². The summed E-state index contributed by atoms with van der Waals surface area (Å²) < 4.78 is 43.3. The van der Waals surface area contributed by atoms with Crippen LogP contribution in [0, 0.1) is 6.92 Å². The number of nitrogens with one attached hydrogen (secondary N) is 2. The van der Waals surface area contributed by atoms with Gasteiger partial charge in [0.2, 0.25) is 0 Å². The fourth-order valence-corrected chi connectivity index (χ4v) is 4.53. The van der Waals surface area contributed by atoms with Gasteiger partial charge in [-0.2, -0.15) is 13.2 Å². The van der Waals surface area contributed by atoms with Crippen LogP contribution < -0.4 is 5.32 Å². The van der Waals surface area contributed by atoms with Crippen molar-refractivity contribution in [3.8, 4) is 5.75 Å². The van der Waals surface area contributed by atoms with E-state index in [1.165, 1.54) is 36.7 Å². The molecule has 0 saturated heterocycles. The van der Waals surface area contributed by atoms with E-state index in [0.29, 0.717) is 16.6 Å². The number of pyridine rings is 1. The van der Waals surface area contributed by atoms with Crippen LogP contribution in [-0.2, 0) is 0 Å². The molecule has 2 atom stereocenters. The Balaban J connectivity index is 1.81. The van der Waals surface area contributed by atoms with Crippen LogP contribution in [0.3, 0.4) is 0 Å². The average Bonchev–Trinajstić information content (AvgIpc) is 3.28. The maximum atomic E-state index is 14.4. The Labute approximate surface area is 191 Å². The highest BCUT2D eigenvalue weighted by molar-refractivity contribution is 7.99. The smallest absolute Gasteiger partial charge is 0.420 e. The molecule has 2 aromatic heterocycles. The number of hydrogen-bond acceptors (Lipinski definition) is 6. The van der Waals surface area contributed by atoms with Gasteiger partial charge in [0, 0.05) is 34.9 Å². The molecule has 10 heteroatoms. The summed E-state index contributed by atoms with van der Waals surface area (Å²) in [7, 11) is 0. The Morgan fingerprint density at radius 3 is 2.61 bits per heavy atom. The highest BCUT2D eigenvalue weighted by Gasteiger charge is 2.59. The second-order valence-corrected chi connectivity index (χ2v) is 8.57. The van der Waals surface area contributed by atoms with Crippen molar-refractivity contribution in [1.29, 1.82) is 0 Å². The lowest BCUT2D eigenvalue weighted by Gasteiger charge is -2.38. The van der Waals surface area contributed by atoms with Gasteiger partial charge in [-0.25, -0.2) is 4.98 Å². The molecule has 0 bridgehead atoms. The summed E-state index contributed by atoms with van der Waals surface area (Å²) in [5.74, 6) is -0.947. The van der Waals surface area contributed by atoms with Gasteiger partial charge in [-0.3, -0.25) is 4.98 Å². The van der Waals surface area contributed by atoms with Crippen LogP contribution in [0.5, 0.6) is 5.75 Å². The number of halogens is 3. The van der Waals surface area contributed by atoms with Crippen LogP contribution in [0.25, 0.3) is 10.9 Å². The van der Waals surface area contributed by atoms with E-state index in [9.17, 15) is 23.4 Å². The Kier molecular flexibility index (Phi) is 6.22. The van der Waals surface area contributed by atoms with Crippen molar-refractivity contribution < 1.29 is 23.4 Å². The molecule has 4 rings (SSSR count). The molecule has 2 aromatic carbocycles. The molecule has 0 aliphatic heterocycles. The first-order valence-corrected chi connectivity index (χ1v) is 11.0. The highest BCUT2D eigenvalue weighted by atomic mass is 32.2. The summed E-state index contributed by atoms with van der Waals surface area (Å²) in [6, 6.07) is 12.4. The number of H-pyrrole nitrogens is 1. The van der Waals surface area contributed by atoms with E-state index in [4.69, 9.17) is 0 Å². The fourth-order valence-electron chi connectivity index (χ4n) is 3.56. The normalized spacial score (nSPS) is 14.7. The third kappa shape index (κ3) is 4.76. The van der Waals surface area contributed by atoms with Crippen molar-refractivity contribution in [2.75, 3.05) is 11.1 Å². The third-order valence-electron chi connectivity index (χ3n) is 5.25. The molecule has 172 valence electrons. The number of aryl methyl sites for hydroxylation is 1. The largest absolute Gasteiger partial charge is 0.508 e. The number of imidazole rings is 1. The molecule has 6 nitrogen and oxygen atoms in total. The number of fused-ring (bicyclic) bond motifs is 1. The van der Waals surface area contributed by atoms with Gasteiger partial charge in [0.15, 0.2) is 10.8 Å². The second kappa shape index (κ2) is 8.95. The van der Waals surface area contributed by atoms with E-state index in [1.54, 1.807) is 30.3 Å². The van der Waals surface area contributed by atoms with Gasteiger partial charge in [0.25, 0.3) is 0 Å². The van der Waals surface area contributed by atoms with Gasteiger partial charge in [0.1, 0.15) is 5.75 Å². The first kappa shape index (κ1) is 22.9. The maximum absolute atomic E-state index is 14.4. The van der Waals surface area contributed by atoms with E-state index in [-0.39, 0.29) is 16.5 Å². The van der Waals surface area contributed by atoms with Gasteiger partial charge in [-0.1, -0.05) is 30.0 Å². The van der Waals surface area contributed by atoms with Gasteiger partial charge in [-0.15, -0.1) is 0 Å². The standard InChI is InChI=1S/C23H21F3N4O2S/c1-14-8-9-17-18(29-14)6-3-7-19(17)30-20(15-4-2-5-16(31)12-15)22(32,23(24,25)26)13-33-21-27-10-11-28-21/h2-12,20,30-32H,13H2,1H3,(H,27,28). The zero-order valence-electron chi connectivity index (χ0n) is 17.5. The number of anilines is 1. The van der Waals surface area contributed by atoms with E-state index >= 15 is 0 Å². The number of hydrogen-bond donors (Lipinski definition) is 4. The summed E-state index contributed by atoms with van der Waals surface area (Å²) >= 11 is 0.753. The molecule has 0 aliphatic rings. The van der Waals surface area contributed by atoms with E-state index < -0.39 is 23.6 Å². The summed E-state index contributed by atoms with van der Waals surface area (Å²) in [5.41, 5.74) is -1.38. The minimum absolute atomic E-state index is 0.0759. The SMILES string of the molecule is Cc1ccc2c(NC(c3cccc(O)c3)C(O)(CSc3ncc[nH]3)C(F)(F)F)cccc2n1. The van der Waals surface area contributed by atoms with Crippen molar-refractivity contribution in [2.45, 2.75) is 29.9 Å². The van der Waals surface area contributed by atoms with Crippen molar-refractivity contribution in [3.05, 3.63) is 78.2 Å². The number of aromatic nitrogens is 3. The summed E-state index contributed by atoms with van der Waals surface area (Å²) in [4.78, 5) is 11.1. The predicted octanol–water partition coefficient (Wildman–Crippen LogP) is 5.21. The van der Waals surface area contributed by atoms with Crippen molar-refractivity contribution >= 4 is 28.4 Å². The van der Waals surface area contributed by atoms with Crippen LogP contribution in [0.2, 0.25) is 0 Å². The van der Waals surface area contributed by atoms with Crippen molar-refractivity contribution in [1.82, 2.24) is 15.0 Å². The number of phenols is 1. The number of nitrogens with zero attached hydrogens (tertiary/aromatic N) is 2. The Morgan fingerprint density at radius 2 is 1.91 bits per heavy atom. The molecule has 0 fully saturated rings. The average molecular weight is 475 g/mol. The van der Waals surface area contributed by atoms with E-state index in [2.05, 4.69) is 20.3 Å². The predicted molar refractivity (Wildman–Crippen MR) is 121 cm³/mol. The second-order valence-electron chi connectivity index (χ2n) is 7.60. The lowest BCUT2D eigenvalue weighted by atomic mass is 9.88. The van der Waals surface area contributed by atoms with Crippen LogP contribution >= 0.6 is 11.8 Å². The summed E-state index contributed by atoms with van der Waals surface area (Å²) in [6.45, 7) is 1.82. The molecule has 4 N–H and O–H groups in total. The quantitative estimate of drug-likeness (QED) is 0.275. The number of aromatic amines is 1. The summed E-state index contributed by atoms with van der Waals surface area (Å²) in [6.07, 6.45) is -2.09. The van der Waals surface area contributed by atoms with Crippen LogP contribution in [-0.4, -0.2) is 42.7 Å². The minimum atomic E-state index is -5.00. The fraction of sp³-hybridized carbons (Fsp3) is 0.217. The number of aromatic hydroxyl groups is 1. The highest BCUT2D eigenvalue weighted by Crippen LogP contribution is 2.45. The topological polar surface area (TPSA) is 94.1 Å². The number of phenolic OH excluding ortho intramolecular Hbond substituents is 1. The van der Waals surface area contributed by atoms with Crippen molar-refractivity contribution in [3.63, 3.8) is 0 Å². The Morgan fingerprint density at radius 1 is 1.12 bits per heavy atom. The minimum Gasteiger partial charge on any atom is -0.508 e. The number of benzene rings is 2. The van der Waals surface area contributed by atoms with Crippen LogP contribution in [0.4, 0.5) is 18.9 Å². The first-order valence-electron chi connectivity index (χ1n) is 10.0. The molecule has 2 unspecified atom stereocenters. The van der Waals surface area contributed by atoms with E-state index in [0.717, 1.165) is 17.5 Å². The number of alkyl halides is 3. The molecule has 0 spiro atoms. The molecular weight excluding hydrogens is 453 g/mol. The van der Waals surface area contributed by atoms with Gasteiger partial charge >= 0.3 is 6.18 Å². The molecule has 0 aliphatic carbocycles. The molecule has 33 heavy (non-hydrogen) atoms. The molecular formula is C23H21F3N4O2S. The molecule has 0 amide bonds. The maximum Gasteiger partial charge on any atom is 0.420 e. The van der Waals surface area contributed by atoms with Crippen LogP contribution in [0.1, 0.15) is 17.3 Å². The van der Waals surface area contributed by atoms with Gasteiger partial charge in [0.05, 0.1) is 11.6 Å². The zero-order valence-corrected chi connectivity index (χ0v) is 18.3. The van der Waals surface area contributed by atoms with Crippen molar-refractivity contribution in [2.24, 2.45) is 0 Å². The number of thioether (sulfide) groups is 1. The molecule has 2 heterocycles. The monoisotopic (exact) mass is 474 g/mol. The zero-order chi connectivity index (χ0) is 23.6. The van der Waals surface area contributed by atoms with Gasteiger partial charge in [-0.05, 0) is 48.9 Å². The first-order chi connectivity index (χ1) is 15.7. The lowest BCUT2D eigenvalue weighted by molar-refractivity contribution is -0.256. The molecule has 4 aromatic rings. The Bertz CT molecular complexity index is 1250. The molecule has 0 saturated carbocycles. The third-order valence-corrected chi connectivity index (χ3v) is 6.33. The van der Waals surface area contributed by atoms with Crippen LogP contribution in [0.15, 0.2) is 72.1 Å². The number of aliphatic hydroxyl groups is 1. The Hall–Kier alpha value is -3.24.